The standard InChI is InChI=1S/C13H15FN2OS2/c1-13(18-6-7-19-13)8-12(17)16-15-9-10-2-4-11(14)5-3-10/h2-5,9H,6-8H2,1H3,(H,16,17). The van der Waals surface area contributed by atoms with Crippen LogP contribution in [0.1, 0.15) is 18.9 Å². The first-order valence-corrected chi connectivity index (χ1v) is 7.90. The molecule has 1 aliphatic rings. The van der Waals surface area contributed by atoms with Crippen LogP contribution in [0.5, 0.6) is 0 Å². The molecule has 0 bridgehead atoms. The van der Waals surface area contributed by atoms with Crippen LogP contribution in [-0.2, 0) is 4.79 Å². The van der Waals surface area contributed by atoms with Crippen LogP contribution in [0.4, 0.5) is 4.39 Å². The predicted octanol–water partition coefficient (Wildman–Crippen LogP) is 2.86. The second-order valence-corrected chi connectivity index (χ2v) is 7.81. The third-order valence-electron chi connectivity index (χ3n) is 2.65. The molecule has 1 aromatic carbocycles. The summed E-state index contributed by atoms with van der Waals surface area (Å²) in [6.45, 7) is 2.08. The van der Waals surface area contributed by atoms with Gasteiger partial charge in [-0.15, -0.1) is 23.5 Å². The molecule has 0 spiro atoms. The highest BCUT2D eigenvalue weighted by Crippen LogP contribution is 2.45. The maximum absolute atomic E-state index is 12.7. The molecular formula is C13H15FN2OS2. The van der Waals surface area contributed by atoms with Crippen molar-refractivity contribution in [2.24, 2.45) is 5.10 Å². The quantitative estimate of drug-likeness (QED) is 0.686. The van der Waals surface area contributed by atoms with Crippen molar-refractivity contribution in [2.75, 3.05) is 11.5 Å². The van der Waals surface area contributed by atoms with E-state index >= 15 is 0 Å². The zero-order valence-corrected chi connectivity index (χ0v) is 12.2. The molecule has 3 nitrogen and oxygen atoms in total. The molecule has 1 N–H and O–H groups in total. The van der Waals surface area contributed by atoms with Crippen LogP contribution in [0.3, 0.4) is 0 Å². The molecule has 0 aliphatic carbocycles. The smallest absolute Gasteiger partial charge is 0.242 e. The van der Waals surface area contributed by atoms with Gasteiger partial charge >= 0.3 is 0 Å². The molecule has 1 heterocycles. The summed E-state index contributed by atoms with van der Waals surface area (Å²) in [6.07, 6.45) is 1.96. The van der Waals surface area contributed by atoms with Gasteiger partial charge in [0, 0.05) is 11.5 Å². The van der Waals surface area contributed by atoms with Gasteiger partial charge in [-0.25, -0.2) is 9.82 Å². The highest BCUT2D eigenvalue weighted by atomic mass is 32.2. The highest BCUT2D eigenvalue weighted by Gasteiger charge is 2.32. The van der Waals surface area contributed by atoms with E-state index in [-0.39, 0.29) is 15.8 Å². The lowest BCUT2D eigenvalue weighted by atomic mass is 10.2. The van der Waals surface area contributed by atoms with Crippen molar-refractivity contribution in [3.05, 3.63) is 35.6 Å². The van der Waals surface area contributed by atoms with E-state index < -0.39 is 0 Å². The third kappa shape index (κ3) is 4.54. The van der Waals surface area contributed by atoms with Gasteiger partial charge < -0.3 is 0 Å². The number of halogens is 1. The van der Waals surface area contributed by atoms with Gasteiger partial charge in [0.15, 0.2) is 0 Å². The number of nitrogens with zero attached hydrogens (tertiary/aromatic N) is 1. The third-order valence-corrected chi connectivity index (χ3v) is 5.94. The number of carbonyl (C=O) groups is 1. The first-order valence-electron chi connectivity index (χ1n) is 5.93. The Morgan fingerprint density at radius 2 is 2.05 bits per heavy atom. The van der Waals surface area contributed by atoms with Crippen LogP contribution < -0.4 is 5.43 Å². The van der Waals surface area contributed by atoms with Crippen LogP contribution >= 0.6 is 23.5 Å². The Hall–Kier alpha value is -1.01. The summed E-state index contributed by atoms with van der Waals surface area (Å²) in [5.74, 6) is 1.80. The molecule has 0 saturated carbocycles. The van der Waals surface area contributed by atoms with Gasteiger partial charge in [-0.2, -0.15) is 5.10 Å². The zero-order valence-electron chi connectivity index (χ0n) is 10.6. The second kappa shape index (κ2) is 6.43. The molecule has 102 valence electrons. The summed E-state index contributed by atoms with van der Waals surface area (Å²) >= 11 is 3.63. The van der Waals surface area contributed by atoms with E-state index in [4.69, 9.17) is 0 Å². The van der Waals surface area contributed by atoms with Gasteiger partial charge in [-0.1, -0.05) is 12.1 Å². The average Bonchev–Trinajstić information content (AvgIpc) is 2.78. The van der Waals surface area contributed by atoms with Gasteiger partial charge in [0.25, 0.3) is 0 Å². The Balaban J connectivity index is 1.81. The number of hydrogen-bond acceptors (Lipinski definition) is 4. The molecule has 1 amide bonds. The molecule has 2 rings (SSSR count). The van der Waals surface area contributed by atoms with E-state index in [2.05, 4.69) is 17.5 Å². The number of rotatable bonds is 4. The monoisotopic (exact) mass is 298 g/mol. The first kappa shape index (κ1) is 14.4. The van der Waals surface area contributed by atoms with Crippen LogP contribution in [0.25, 0.3) is 0 Å². The molecule has 1 saturated heterocycles. The average molecular weight is 298 g/mol. The Kier molecular flexibility index (Phi) is 4.87. The van der Waals surface area contributed by atoms with E-state index in [0.29, 0.717) is 6.42 Å². The molecule has 0 radical (unpaired) electrons. The van der Waals surface area contributed by atoms with Crippen molar-refractivity contribution < 1.29 is 9.18 Å². The Labute approximate surface area is 120 Å². The number of hydrazone groups is 1. The van der Waals surface area contributed by atoms with Crippen LogP contribution in [-0.4, -0.2) is 27.7 Å². The predicted molar refractivity (Wildman–Crippen MR) is 80.1 cm³/mol. The minimum atomic E-state index is -0.288. The zero-order chi connectivity index (χ0) is 13.7. The number of nitrogens with one attached hydrogen (secondary N) is 1. The number of amides is 1. The molecule has 1 aromatic rings. The van der Waals surface area contributed by atoms with Crippen molar-refractivity contribution in [3.63, 3.8) is 0 Å². The van der Waals surface area contributed by atoms with Crippen molar-refractivity contribution in [2.45, 2.75) is 17.4 Å². The summed E-state index contributed by atoms with van der Waals surface area (Å²) in [7, 11) is 0. The highest BCUT2D eigenvalue weighted by molar-refractivity contribution is 8.21. The largest absolute Gasteiger partial charge is 0.273 e. The Bertz CT molecular complexity index is 470. The number of carbonyl (C=O) groups excluding carboxylic acids is 1. The first-order chi connectivity index (χ1) is 9.07. The van der Waals surface area contributed by atoms with Crippen molar-refractivity contribution in [1.82, 2.24) is 5.43 Å². The van der Waals surface area contributed by atoms with E-state index in [9.17, 15) is 9.18 Å². The van der Waals surface area contributed by atoms with E-state index in [1.54, 1.807) is 12.1 Å². The fraction of sp³-hybridized carbons (Fsp3) is 0.385. The van der Waals surface area contributed by atoms with Crippen molar-refractivity contribution in [3.8, 4) is 0 Å². The van der Waals surface area contributed by atoms with Crippen LogP contribution in [0.2, 0.25) is 0 Å². The fourth-order valence-electron chi connectivity index (χ4n) is 1.72. The van der Waals surface area contributed by atoms with Gasteiger partial charge in [-0.3, -0.25) is 4.79 Å². The fourth-order valence-corrected chi connectivity index (χ4v) is 4.55. The summed E-state index contributed by atoms with van der Waals surface area (Å²) < 4.78 is 12.7. The summed E-state index contributed by atoms with van der Waals surface area (Å²) in [5.41, 5.74) is 3.26. The molecule has 0 unspecified atom stereocenters. The minimum Gasteiger partial charge on any atom is -0.273 e. The van der Waals surface area contributed by atoms with E-state index in [1.807, 2.05) is 23.5 Å². The second-order valence-electron chi connectivity index (χ2n) is 4.35. The molecule has 19 heavy (non-hydrogen) atoms. The number of hydrogen-bond donors (Lipinski definition) is 1. The van der Waals surface area contributed by atoms with Crippen molar-refractivity contribution in [1.29, 1.82) is 0 Å². The SMILES string of the molecule is CC1(CC(=O)NN=Cc2ccc(F)cc2)SCCS1. The summed E-state index contributed by atoms with van der Waals surface area (Å²) in [6, 6.07) is 5.93. The summed E-state index contributed by atoms with van der Waals surface area (Å²) in [4.78, 5) is 11.7. The number of thioether (sulfide) groups is 2. The maximum atomic E-state index is 12.7. The lowest BCUT2D eigenvalue weighted by Crippen LogP contribution is -2.26. The topological polar surface area (TPSA) is 41.5 Å². The van der Waals surface area contributed by atoms with Crippen molar-refractivity contribution >= 4 is 35.6 Å². The van der Waals surface area contributed by atoms with Gasteiger partial charge in [0.1, 0.15) is 5.82 Å². The number of benzene rings is 1. The molecular weight excluding hydrogens is 283 g/mol. The lowest BCUT2D eigenvalue weighted by Gasteiger charge is -2.19. The van der Waals surface area contributed by atoms with Gasteiger partial charge in [0.05, 0.1) is 16.7 Å². The molecule has 1 aliphatic heterocycles. The Morgan fingerprint density at radius 3 is 2.68 bits per heavy atom. The van der Waals surface area contributed by atoms with Crippen LogP contribution in [0.15, 0.2) is 29.4 Å². The van der Waals surface area contributed by atoms with E-state index in [0.717, 1.165) is 17.1 Å². The maximum Gasteiger partial charge on any atom is 0.242 e. The van der Waals surface area contributed by atoms with Crippen LogP contribution in [0, 0.1) is 5.82 Å². The van der Waals surface area contributed by atoms with E-state index in [1.165, 1.54) is 18.3 Å². The minimum absolute atomic E-state index is 0.0323. The van der Waals surface area contributed by atoms with Gasteiger partial charge in [-0.05, 0) is 24.6 Å². The normalized spacial score (nSPS) is 17.8. The Morgan fingerprint density at radius 1 is 1.42 bits per heavy atom. The molecule has 0 atom stereocenters. The molecule has 1 fully saturated rings. The molecule has 0 aromatic heterocycles. The molecule has 6 heteroatoms. The lowest BCUT2D eigenvalue weighted by molar-refractivity contribution is -0.121. The van der Waals surface area contributed by atoms with Gasteiger partial charge in [0.2, 0.25) is 5.91 Å². The summed E-state index contributed by atoms with van der Waals surface area (Å²) in [5, 5.41) is 3.88.